The highest BCUT2D eigenvalue weighted by Gasteiger charge is 2.32. The summed E-state index contributed by atoms with van der Waals surface area (Å²) in [6.45, 7) is 2.16. The van der Waals surface area contributed by atoms with Gasteiger partial charge < -0.3 is 5.32 Å². The Bertz CT molecular complexity index is 344. The van der Waals surface area contributed by atoms with Crippen LogP contribution in [0.4, 0.5) is 0 Å². The number of hydrogen-bond acceptors (Lipinski definition) is 1. The van der Waals surface area contributed by atoms with Gasteiger partial charge in [-0.2, -0.15) is 0 Å². The van der Waals surface area contributed by atoms with E-state index in [4.69, 9.17) is 0 Å². The number of hydrogen-bond donors (Lipinski definition) is 1. The summed E-state index contributed by atoms with van der Waals surface area (Å²) in [5.41, 5.74) is 2.91. The van der Waals surface area contributed by atoms with Gasteiger partial charge in [0.1, 0.15) is 0 Å². The largest absolute Gasteiger partial charge is 0.311 e. The van der Waals surface area contributed by atoms with Gasteiger partial charge in [0.05, 0.1) is 0 Å². The fourth-order valence-corrected chi connectivity index (χ4v) is 2.77. The number of rotatable bonds is 3. The van der Waals surface area contributed by atoms with E-state index < -0.39 is 0 Å². The van der Waals surface area contributed by atoms with Crippen molar-refractivity contribution in [1.82, 2.24) is 5.32 Å². The fourth-order valence-electron chi connectivity index (χ4n) is 2.77. The van der Waals surface area contributed by atoms with E-state index in [9.17, 15) is 0 Å². The van der Waals surface area contributed by atoms with Crippen LogP contribution in [-0.2, 0) is 0 Å². The molecule has 86 valence electrons. The summed E-state index contributed by atoms with van der Waals surface area (Å²) >= 11 is 0. The highest BCUT2D eigenvalue weighted by atomic mass is 15.0. The molecular formula is C15H21N. The minimum absolute atomic E-state index is 0.802. The average Bonchev–Trinajstić information content (AvgIpc) is 2.15. The molecule has 0 unspecified atom stereocenters. The third-order valence-corrected chi connectivity index (χ3v) is 4.26. The quantitative estimate of drug-likeness (QED) is 0.815. The van der Waals surface area contributed by atoms with Crippen LogP contribution in [0, 0.1) is 6.92 Å². The minimum atomic E-state index is 0.802. The lowest BCUT2D eigenvalue weighted by molar-refractivity contribution is 0.220. The lowest BCUT2D eigenvalue weighted by atomic mass is 9.75. The van der Waals surface area contributed by atoms with Crippen molar-refractivity contribution in [3.8, 4) is 0 Å². The molecule has 2 saturated carbocycles. The average molecular weight is 215 g/mol. The van der Waals surface area contributed by atoms with Gasteiger partial charge in [-0.15, -0.1) is 0 Å². The summed E-state index contributed by atoms with van der Waals surface area (Å²) in [5.74, 6) is 0.818. The number of benzene rings is 1. The first-order valence-corrected chi connectivity index (χ1v) is 6.64. The molecule has 0 heterocycles. The first-order valence-electron chi connectivity index (χ1n) is 6.64. The molecule has 2 aliphatic carbocycles. The van der Waals surface area contributed by atoms with Crippen molar-refractivity contribution in [3.05, 3.63) is 35.4 Å². The Morgan fingerprint density at radius 1 is 1.00 bits per heavy atom. The summed E-state index contributed by atoms with van der Waals surface area (Å²) in [4.78, 5) is 0. The molecule has 0 aliphatic heterocycles. The van der Waals surface area contributed by atoms with Crippen LogP contribution in [0.2, 0.25) is 0 Å². The summed E-state index contributed by atoms with van der Waals surface area (Å²) in [7, 11) is 0. The third kappa shape index (κ3) is 2.01. The van der Waals surface area contributed by atoms with E-state index in [0.717, 1.165) is 18.0 Å². The zero-order chi connectivity index (χ0) is 11.0. The molecule has 1 aromatic rings. The molecule has 1 nitrogen and oxygen atoms in total. The van der Waals surface area contributed by atoms with E-state index in [2.05, 4.69) is 36.5 Å². The number of aryl methyl sites for hydroxylation is 1. The van der Waals surface area contributed by atoms with Crippen LogP contribution in [0.5, 0.6) is 0 Å². The van der Waals surface area contributed by atoms with Gasteiger partial charge in [0.2, 0.25) is 0 Å². The highest BCUT2D eigenvalue weighted by Crippen LogP contribution is 2.38. The Balaban J connectivity index is 1.50. The van der Waals surface area contributed by atoms with Crippen molar-refractivity contribution < 1.29 is 0 Å². The van der Waals surface area contributed by atoms with E-state index >= 15 is 0 Å². The molecule has 0 saturated heterocycles. The monoisotopic (exact) mass is 215 g/mol. The minimum Gasteiger partial charge on any atom is -0.311 e. The second kappa shape index (κ2) is 4.21. The van der Waals surface area contributed by atoms with Gasteiger partial charge in [0.15, 0.2) is 0 Å². The third-order valence-electron chi connectivity index (χ3n) is 4.26. The molecule has 0 bridgehead atoms. The lowest BCUT2D eigenvalue weighted by Crippen LogP contribution is -2.48. The van der Waals surface area contributed by atoms with Gasteiger partial charge in [0.25, 0.3) is 0 Å². The van der Waals surface area contributed by atoms with Crippen molar-refractivity contribution in [1.29, 1.82) is 0 Å². The zero-order valence-electron chi connectivity index (χ0n) is 10.1. The maximum absolute atomic E-state index is 3.76. The SMILES string of the molecule is Cc1ccc(C2CC(NC3CCC3)C2)cc1. The molecule has 2 aliphatic rings. The molecule has 3 rings (SSSR count). The molecular weight excluding hydrogens is 194 g/mol. The normalized spacial score (nSPS) is 29.6. The molecule has 16 heavy (non-hydrogen) atoms. The Morgan fingerprint density at radius 3 is 2.25 bits per heavy atom. The van der Waals surface area contributed by atoms with E-state index in [1.165, 1.54) is 43.2 Å². The Labute approximate surface area is 98.3 Å². The van der Waals surface area contributed by atoms with Crippen molar-refractivity contribution in [3.63, 3.8) is 0 Å². The smallest absolute Gasteiger partial charge is 0.00813 e. The second-order valence-corrected chi connectivity index (χ2v) is 5.57. The van der Waals surface area contributed by atoms with E-state index in [1.54, 1.807) is 0 Å². The molecule has 0 spiro atoms. The predicted octanol–water partition coefficient (Wildman–Crippen LogP) is 3.38. The zero-order valence-corrected chi connectivity index (χ0v) is 10.1. The topological polar surface area (TPSA) is 12.0 Å². The van der Waals surface area contributed by atoms with Gasteiger partial charge in [-0.05, 0) is 44.1 Å². The molecule has 1 N–H and O–H groups in total. The predicted molar refractivity (Wildman–Crippen MR) is 67.7 cm³/mol. The van der Waals surface area contributed by atoms with Crippen molar-refractivity contribution in [2.24, 2.45) is 0 Å². The Kier molecular flexibility index (Phi) is 2.72. The summed E-state index contributed by atoms with van der Waals surface area (Å²) < 4.78 is 0. The highest BCUT2D eigenvalue weighted by molar-refractivity contribution is 5.26. The molecule has 0 amide bonds. The van der Waals surface area contributed by atoms with Crippen molar-refractivity contribution in [2.45, 2.75) is 57.0 Å². The molecule has 1 aromatic carbocycles. The Hall–Kier alpha value is -0.820. The number of nitrogens with one attached hydrogen (secondary N) is 1. The van der Waals surface area contributed by atoms with E-state index in [-0.39, 0.29) is 0 Å². The van der Waals surface area contributed by atoms with Gasteiger partial charge in [0, 0.05) is 12.1 Å². The van der Waals surface area contributed by atoms with Crippen LogP contribution in [0.1, 0.15) is 49.1 Å². The van der Waals surface area contributed by atoms with Crippen molar-refractivity contribution in [2.75, 3.05) is 0 Å². The van der Waals surface area contributed by atoms with Crippen LogP contribution < -0.4 is 5.32 Å². The first-order chi connectivity index (χ1) is 7.81. The van der Waals surface area contributed by atoms with Gasteiger partial charge in [-0.25, -0.2) is 0 Å². The first kappa shape index (κ1) is 10.3. The van der Waals surface area contributed by atoms with Gasteiger partial charge >= 0.3 is 0 Å². The van der Waals surface area contributed by atoms with Crippen molar-refractivity contribution >= 4 is 0 Å². The van der Waals surface area contributed by atoms with Crippen LogP contribution in [0.15, 0.2) is 24.3 Å². The van der Waals surface area contributed by atoms with Crippen LogP contribution in [0.25, 0.3) is 0 Å². The maximum atomic E-state index is 3.76. The van der Waals surface area contributed by atoms with Crippen LogP contribution in [0.3, 0.4) is 0 Å². The Morgan fingerprint density at radius 2 is 1.69 bits per heavy atom. The van der Waals surface area contributed by atoms with E-state index in [1.807, 2.05) is 0 Å². The summed E-state index contributed by atoms with van der Waals surface area (Å²) in [5, 5.41) is 3.76. The van der Waals surface area contributed by atoms with E-state index in [0.29, 0.717) is 0 Å². The maximum Gasteiger partial charge on any atom is 0.00813 e. The molecule has 0 radical (unpaired) electrons. The van der Waals surface area contributed by atoms with Gasteiger partial charge in [-0.3, -0.25) is 0 Å². The van der Waals surface area contributed by atoms with Crippen LogP contribution >= 0.6 is 0 Å². The summed E-state index contributed by atoms with van der Waals surface area (Å²) in [6.07, 6.45) is 6.95. The fraction of sp³-hybridized carbons (Fsp3) is 0.600. The standard InChI is InChI=1S/C15H21N/c1-11-5-7-12(8-6-11)13-9-15(10-13)16-14-3-2-4-14/h5-8,13-16H,2-4,9-10H2,1H3. The molecule has 0 aromatic heterocycles. The molecule has 0 atom stereocenters. The molecule has 1 heteroatoms. The lowest BCUT2D eigenvalue weighted by Gasteiger charge is -2.41. The molecule has 2 fully saturated rings. The second-order valence-electron chi connectivity index (χ2n) is 5.57. The van der Waals surface area contributed by atoms with Crippen LogP contribution in [-0.4, -0.2) is 12.1 Å². The summed E-state index contributed by atoms with van der Waals surface area (Å²) in [6, 6.07) is 10.7. The van der Waals surface area contributed by atoms with Gasteiger partial charge in [-0.1, -0.05) is 36.2 Å².